The molecule has 0 bridgehead atoms. The van der Waals surface area contributed by atoms with Crippen molar-refractivity contribution in [3.8, 4) is 11.3 Å². The molecule has 0 unspecified atom stereocenters. The number of rotatable bonds is 5. The van der Waals surface area contributed by atoms with Crippen LogP contribution >= 0.6 is 11.6 Å². The van der Waals surface area contributed by atoms with Crippen LogP contribution in [-0.4, -0.2) is 25.5 Å². The number of allylic oxidation sites excluding steroid dienone is 2. The highest BCUT2D eigenvalue weighted by Crippen LogP contribution is 2.27. The number of aryl methyl sites for hydroxylation is 3. The average molecular weight is 433 g/mol. The van der Waals surface area contributed by atoms with E-state index in [0.29, 0.717) is 28.8 Å². The van der Waals surface area contributed by atoms with E-state index in [0.717, 1.165) is 39.1 Å². The summed E-state index contributed by atoms with van der Waals surface area (Å²) in [7, 11) is 1.96. The van der Waals surface area contributed by atoms with Crippen molar-refractivity contribution in [3.63, 3.8) is 0 Å². The number of hydrogen-bond acceptors (Lipinski definition) is 4. The van der Waals surface area contributed by atoms with Gasteiger partial charge in [0.25, 0.3) is 0 Å². The lowest BCUT2D eigenvalue weighted by atomic mass is 10.1. The van der Waals surface area contributed by atoms with Crippen LogP contribution in [0.3, 0.4) is 0 Å². The van der Waals surface area contributed by atoms with E-state index in [1.165, 1.54) is 0 Å². The normalized spacial score (nSPS) is 12.7. The Hall–Kier alpha value is -3.38. The van der Waals surface area contributed by atoms with Gasteiger partial charge < -0.3 is 10.7 Å². The van der Waals surface area contributed by atoms with E-state index in [4.69, 9.17) is 27.3 Å². The fourth-order valence-corrected chi connectivity index (χ4v) is 3.75. The van der Waals surface area contributed by atoms with Gasteiger partial charge >= 0.3 is 0 Å². The number of aromatic amines is 1. The number of aliphatic imine (C=N–C) groups is 1. The highest BCUT2D eigenvalue weighted by atomic mass is 35.5. The van der Waals surface area contributed by atoms with Gasteiger partial charge in [-0.15, -0.1) is 0 Å². The van der Waals surface area contributed by atoms with Gasteiger partial charge in [0.2, 0.25) is 0 Å². The zero-order valence-electron chi connectivity index (χ0n) is 18.1. The lowest BCUT2D eigenvalue weighted by Crippen LogP contribution is -2.05. The second kappa shape index (κ2) is 8.40. The Bertz CT molecular complexity index is 1300. The predicted octanol–water partition coefficient (Wildman–Crippen LogP) is 5.09. The molecule has 2 aromatic heterocycles. The Morgan fingerprint density at radius 2 is 1.94 bits per heavy atom. The lowest BCUT2D eigenvalue weighted by Gasteiger charge is -2.02. The first-order valence-electron chi connectivity index (χ1n) is 10.0. The van der Waals surface area contributed by atoms with E-state index in [1.54, 1.807) is 0 Å². The van der Waals surface area contributed by atoms with Crippen LogP contribution in [0.2, 0.25) is 5.02 Å². The topological polar surface area (TPSA) is 84.9 Å². The molecule has 0 saturated heterocycles. The summed E-state index contributed by atoms with van der Waals surface area (Å²) in [5, 5.41) is 6.34. The number of H-pyrrole nitrogens is 1. The van der Waals surface area contributed by atoms with E-state index in [1.807, 2.05) is 62.8 Å². The van der Waals surface area contributed by atoms with Crippen molar-refractivity contribution in [1.29, 1.82) is 0 Å². The Labute approximate surface area is 186 Å². The molecule has 0 amide bonds. The van der Waals surface area contributed by atoms with Crippen LogP contribution in [0.5, 0.6) is 0 Å². The Morgan fingerprint density at radius 1 is 1.19 bits per heavy atom. The number of nitrogens with two attached hydrogens (primary N) is 1. The maximum Gasteiger partial charge on any atom is 0.156 e. The van der Waals surface area contributed by atoms with Crippen LogP contribution in [-0.2, 0) is 13.6 Å². The number of aromatic nitrogens is 4. The molecule has 6 nitrogen and oxygen atoms in total. The van der Waals surface area contributed by atoms with Crippen molar-refractivity contribution in [1.82, 2.24) is 19.7 Å². The van der Waals surface area contributed by atoms with Gasteiger partial charge in [0.05, 0.1) is 23.4 Å². The monoisotopic (exact) mass is 432 g/mol. The molecular formula is C24H25ClN6. The minimum atomic E-state index is 0.506. The molecule has 0 fully saturated rings. The summed E-state index contributed by atoms with van der Waals surface area (Å²) in [6.45, 7) is 6.38. The summed E-state index contributed by atoms with van der Waals surface area (Å²) in [6.07, 6.45) is 1.84. The molecular weight excluding hydrogens is 408 g/mol. The zero-order valence-corrected chi connectivity index (χ0v) is 18.8. The molecule has 0 aliphatic heterocycles. The molecule has 3 N–H and O–H groups in total. The van der Waals surface area contributed by atoms with Crippen molar-refractivity contribution in [2.24, 2.45) is 17.8 Å². The second-order valence-electron chi connectivity index (χ2n) is 7.72. The van der Waals surface area contributed by atoms with E-state index in [-0.39, 0.29) is 0 Å². The van der Waals surface area contributed by atoms with E-state index >= 15 is 0 Å². The van der Waals surface area contributed by atoms with Crippen LogP contribution in [0.4, 0.5) is 0 Å². The molecule has 2 heterocycles. The molecule has 158 valence electrons. The number of nitrogens with zero attached hydrogens (tertiary/aromatic N) is 4. The molecule has 0 radical (unpaired) electrons. The summed E-state index contributed by atoms with van der Waals surface area (Å²) in [6, 6.07) is 13.9. The fraction of sp³-hybridized carbons (Fsp3) is 0.208. The summed E-state index contributed by atoms with van der Waals surface area (Å²) >= 11 is 5.98. The fourth-order valence-electron chi connectivity index (χ4n) is 3.62. The van der Waals surface area contributed by atoms with Crippen LogP contribution in [0.25, 0.3) is 22.2 Å². The summed E-state index contributed by atoms with van der Waals surface area (Å²) in [5.41, 5.74) is 13.4. The van der Waals surface area contributed by atoms with Crippen LogP contribution in [0.15, 0.2) is 59.2 Å². The summed E-state index contributed by atoms with van der Waals surface area (Å²) < 4.78 is 1.90. The second-order valence-corrected chi connectivity index (χ2v) is 8.15. The number of fused-ring (bicyclic) bond motifs is 1. The number of nitrogens with one attached hydrogen (secondary N) is 1. The van der Waals surface area contributed by atoms with Crippen molar-refractivity contribution in [3.05, 3.63) is 82.0 Å². The molecule has 31 heavy (non-hydrogen) atoms. The minimum Gasteiger partial charge on any atom is -0.402 e. The molecule has 4 aromatic rings. The number of benzene rings is 2. The molecule has 7 heteroatoms. The Morgan fingerprint density at radius 3 is 2.65 bits per heavy atom. The van der Waals surface area contributed by atoms with Crippen molar-refractivity contribution >= 4 is 28.2 Å². The molecule has 0 aliphatic carbocycles. The van der Waals surface area contributed by atoms with Gasteiger partial charge in [0.1, 0.15) is 5.71 Å². The van der Waals surface area contributed by atoms with Gasteiger partial charge in [0, 0.05) is 34.4 Å². The van der Waals surface area contributed by atoms with Gasteiger partial charge in [-0.3, -0.25) is 9.67 Å². The largest absolute Gasteiger partial charge is 0.402 e. The predicted molar refractivity (Wildman–Crippen MR) is 127 cm³/mol. The maximum absolute atomic E-state index is 5.98. The van der Waals surface area contributed by atoms with Gasteiger partial charge in [-0.1, -0.05) is 29.8 Å². The third-order valence-corrected chi connectivity index (χ3v) is 5.40. The molecule has 0 saturated carbocycles. The third kappa shape index (κ3) is 4.39. The highest BCUT2D eigenvalue weighted by molar-refractivity contribution is 6.30. The van der Waals surface area contributed by atoms with Gasteiger partial charge in [-0.2, -0.15) is 5.10 Å². The molecule has 2 aromatic carbocycles. The quantitative estimate of drug-likeness (QED) is 0.431. The summed E-state index contributed by atoms with van der Waals surface area (Å²) in [5.74, 6) is 0.689. The van der Waals surface area contributed by atoms with Gasteiger partial charge in [-0.05, 0) is 56.7 Å². The SMILES string of the molecule is CC(N)=CC(=NCc1ccc(Cl)cc1)c1nc(-c2ccc3c(c2)c(C)nn3C)c(C)[nH]1. The van der Waals surface area contributed by atoms with Gasteiger partial charge in [-0.25, -0.2) is 4.98 Å². The standard InChI is InChI=1S/C24H25ClN6/c1-14(26)11-21(27-13-17-5-8-19(25)9-6-17)24-28-16(3)23(29-24)18-7-10-22-20(12-18)15(2)30-31(22)4/h5-12H,13,26H2,1-4H3,(H,28,29). The first-order valence-corrected chi connectivity index (χ1v) is 10.4. The first-order chi connectivity index (χ1) is 14.8. The van der Waals surface area contributed by atoms with Crippen LogP contribution < -0.4 is 5.73 Å². The third-order valence-electron chi connectivity index (χ3n) is 5.15. The minimum absolute atomic E-state index is 0.506. The average Bonchev–Trinajstić information content (AvgIpc) is 3.25. The van der Waals surface area contributed by atoms with Crippen molar-refractivity contribution < 1.29 is 0 Å². The van der Waals surface area contributed by atoms with Gasteiger partial charge in [0.15, 0.2) is 5.82 Å². The summed E-state index contributed by atoms with van der Waals surface area (Å²) in [4.78, 5) is 13.0. The number of hydrogen-bond donors (Lipinski definition) is 2. The zero-order chi connectivity index (χ0) is 22.1. The number of imidazole rings is 1. The molecule has 0 atom stereocenters. The number of halogens is 1. The Kier molecular flexibility index (Phi) is 5.65. The lowest BCUT2D eigenvalue weighted by molar-refractivity contribution is 0.783. The highest BCUT2D eigenvalue weighted by Gasteiger charge is 2.14. The van der Waals surface area contributed by atoms with E-state index in [9.17, 15) is 0 Å². The maximum atomic E-state index is 5.98. The van der Waals surface area contributed by atoms with E-state index in [2.05, 4.69) is 28.3 Å². The van der Waals surface area contributed by atoms with Crippen LogP contribution in [0.1, 0.15) is 29.7 Å². The molecule has 4 rings (SSSR count). The molecule has 0 spiro atoms. The van der Waals surface area contributed by atoms with Crippen LogP contribution in [0, 0.1) is 13.8 Å². The van der Waals surface area contributed by atoms with E-state index < -0.39 is 0 Å². The first kappa shape index (κ1) is 20.9. The smallest absolute Gasteiger partial charge is 0.156 e. The van der Waals surface area contributed by atoms with Crippen molar-refractivity contribution in [2.45, 2.75) is 27.3 Å². The Balaban J connectivity index is 1.72. The van der Waals surface area contributed by atoms with Crippen molar-refractivity contribution in [2.75, 3.05) is 0 Å². The molecule has 0 aliphatic rings.